The van der Waals surface area contributed by atoms with Gasteiger partial charge in [0.1, 0.15) is 0 Å². The van der Waals surface area contributed by atoms with Gasteiger partial charge in [0.05, 0.1) is 6.10 Å². The highest BCUT2D eigenvalue weighted by Crippen LogP contribution is 2.22. The van der Waals surface area contributed by atoms with Crippen LogP contribution in [0, 0.1) is 5.92 Å². The van der Waals surface area contributed by atoms with Crippen LogP contribution in [0.15, 0.2) is 30.3 Å². The van der Waals surface area contributed by atoms with E-state index in [1.54, 1.807) is 0 Å². The molecule has 1 unspecified atom stereocenters. The minimum atomic E-state index is -0.138. The van der Waals surface area contributed by atoms with Crippen LogP contribution in [0.2, 0.25) is 0 Å². The summed E-state index contributed by atoms with van der Waals surface area (Å²) >= 11 is 0. The Balaban J connectivity index is 1.76. The van der Waals surface area contributed by atoms with Crippen LogP contribution in [0.5, 0.6) is 0 Å². The van der Waals surface area contributed by atoms with E-state index in [1.165, 1.54) is 31.5 Å². The molecule has 0 radical (unpaired) electrons. The lowest BCUT2D eigenvalue weighted by molar-refractivity contribution is 0.116. The summed E-state index contributed by atoms with van der Waals surface area (Å²) in [5, 5.41) is 9.39. The zero-order valence-electron chi connectivity index (χ0n) is 10.7. The second-order valence-electron chi connectivity index (χ2n) is 5.29. The van der Waals surface area contributed by atoms with Gasteiger partial charge in [-0.25, -0.2) is 0 Å². The zero-order chi connectivity index (χ0) is 12.1. The molecule has 1 heterocycles. The molecule has 1 fully saturated rings. The van der Waals surface area contributed by atoms with Crippen molar-refractivity contribution in [3.8, 4) is 0 Å². The fourth-order valence-corrected chi connectivity index (χ4v) is 2.70. The van der Waals surface area contributed by atoms with Crippen molar-refractivity contribution in [2.75, 3.05) is 13.1 Å². The maximum Gasteiger partial charge on any atom is 0.0514 e. The molecule has 0 amide bonds. The third-order valence-corrected chi connectivity index (χ3v) is 3.63. The van der Waals surface area contributed by atoms with Crippen LogP contribution in [0.25, 0.3) is 0 Å². The molecule has 1 aromatic rings. The minimum absolute atomic E-state index is 0.138. The Hall–Kier alpha value is -0.860. The zero-order valence-corrected chi connectivity index (χ0v) is 10.7. The van der Waals surface area contributed by atoms with Crippen molar-refractivity contribution >= 4 is 0 Å². The summed E-state index contributed by atoms with van der Waals surface area (Å²) < 4.78 is 0. The molecule has 0 bridgehead atoms. The predicted molar refractivity (Wildman–Crippen MR) is 70.7 cm³/mol. The summed E-state index contributed by atoms with van der Waals surface area (Å²) in [5.41, 5.74) is 1.40. The highest BCUT2D eigenvalue weighted by Gasteiger charge is 2.20. The van der Waals surface area contributed by atoms with Gasteiger partial charge in [-0.05, 0) is 50.8 Å². The topological polar surface area (TPSA) is 23.5 Å². The van der Waals surface area contributed by atoms with Gasteiger partial charge in [-0.1, -0.05) is 30.3 Å². The number of hydrogen-bond acceptors (Lipinski definition) is 2. The average molecular weight is 233 g/mol. The summed E-state index contributed by atoms with van der Waals surface area (Å²) in [6.07, 6.45) is 3.30. The standard InChI is InChI=1S/C15H23NO/c1-13(17)11-14-7-9-16(10-8-14)12-15-5-3-2-4-6-15/h2-6,13-14,17H,7-12H2,1H3. The summed E-state index contributed by atoms with van der Waals surface area (Å²) in [4.78, 5) is 2.52. The highest BCUT2D eigenvalue weighted by atomic mass is 16.3. The minimum Gasteiger partial charge on any atom is -0.393 e. The molecule has 0 spiro atoms. The number of aliphatic hydroxyl groups excluding tert-OH is 1. The molecule has 1 aliphatic rings. The van der Waals surface area contributed by atoms with Gasteiger partial charge in [-0.15, -0.1) is 0 Å². The number of piperidine rings is 1. The summed E-state index contributed by atoms with van der Waals surface area (Å²) in [6, 6.07) is 10.7. The molecule has 2 rings (SSSR count). The quantitative estimate of drug-likeness (QED) is 0.864. The summed E-state index contributed by atoms with van der Waals surface area (Å²) in [5.74, 6) is 0.724. The van der Waals surface area contributed by atoms with Crippen LogP contribution in [-0.4, -0.2) is 29.2 Å². The van der Waals surface area contributed by atoms with Crippen LogP contribution in [-0.2, 0) is 6.54 Å². The molecule has 1 aliphatic heterocycles. The van der Waals surface area contributed by atoms with Gasteiger partial charge in [0, 0.05) is 6.54 Å². The van der Waals surface area contributed by atoms with Crippen molar-refractivity contribution in [2.45, 2.75) is 38.8 Å². The first-order chi connectivity index (χ1) is 8.24. The lowest BCUT2D eigenvalue weighted by Crippen LogP contribution is -2.34. The van der Waals surface area contributed by atoms with Crippen molar-refractivity contribution < 1.29 is 5.11 Å². The van der Waals surface area contributed by atoms with E-state index in [0.29, 0.717) is 0 Å². The monoisotopic (exact) mass is 233 g/mol. The van der Waals surface area contributed by atoms with Gasteiger partial charge < -0.3 is 5.11 Å². The molecule has 0 aliphatic carbocycles. The van der Waals surface area contributed by atoms with Crippen LogP contribution in [0.3, 0.4) is 0 Å². The fraction of sp³-hybridized carbons (Fsp3) is 0.600. The molecule has 94 valence electrons. The number of rotatable bonds is 4. The molecular weight excluding hydrogens is 210 g/mol. The van der Waals surface area contributed by atoms with Crippen LogP contribution in [0.4, 0.5) is 0 Å². The summed E-state index contributed by atoms with van der Waals surface area (Å²) in [6.45, 7) is 5.32. The normalized spacial score (nSPS) is 20.4. The Morgan fingerprint density at radius 3 is 2.47 bits per heavy atom. The van der Waals surface area contributed by atoms with Crippen molar-refractivity contribution in [1.29, 1.82) is 0 Å². The first-order valence-electron chi connectivity index (χ1n) is 6.68. The van der Waals surface area contributed by atoms with Gasteiger partial charge in [-0.3, -0.25) is 4.90 Å². The van der Waals surface area contributed by atoms with E-state index in [9.17, 15) is 5.11 Å². The molecule has 2 nitrogen and oxygen atoms in total. The van der Waals surface area contributed by atoms with Gasteiger partial charge in [-0.2, -0.15) is 0 Å². The molecular formula is C15H23NO. The lowest BCUT2D eigenvalue weighted by atomic mass is 9.91. The average Bonchev–Trinajstić information content (AvgIpc) is 2.32. The number of hydrogen-bond donors (Lipinski definition) is 1. The van der Waals surface area contributed by atoms with Crippen LogP contribution in [0.1, 0.15) is 31.7 Å². The molecule has 1 atom stereocenters. The van der Waals surface area contributed by atoms with Crippen LogP contribution >= 0.6 is 0 Å². The predicted octanol–water partition coefficient (Wildman–Crippen LogP) is 2.67. The van der Waals surface area contributed by atoms with E-state index in [0.717, 1.165) is 18.9 Å². The van der Waals surface area contributed by atoms with E-state index in [2.05, 4.69) is 35.2 Å². The van der Waals surface area contributed by atoms with E-state index in [4.69, 9.17) is 0 Å². The van der Waals surface area contributed by atoms with E-state index in [-0.39, 0.29) is 6.10 Å². The molecule has 0 saturated carbocycles. The molecule has 1 N–H and O–H groups in total. The Labute approximate surface area is 104 Å². The maximum atomic E-state index is 9.39. The Morgan fingerprint density at radius 1 is 1.24 bits per heavy atom. The lowest BCUT2D eigenvalue weighted by Gasteiger charge is -2.32. The Bertz CT molecular complexity index is 315. The molecule has 2 heteroatoms. The van der Waals surface area contributed by atoms with Gasteiger partial charge in [0.15, 0.2) is 0 Å². The van der Waals surface area contributed by atoms with Gasteiger partial charge in [0.2, 0.25) is 0 Å². The number of nitrogens with zero attached hydrogens (tertiary/aromatic N) is 1. The number of benzene rings is 1. The smallest absolute Gasteiger partial charge is 0.0514 e. The van der Waals surface area contributed by atoms with Crippen molar-refractivity contribution in [1.82, 2.24) is 4.90 Å². The first-order valence-corrected chi connectivity index (χ1v) is 6.68. The molecule has 1 aromatic carbocycles. The Morgan fingerprint density at radius 2 is 1.88 bits per heavy atom. The largest absolute Gasteiger partial charge is 0.393 e. The van der Waals surface area contributed by atoms with E-state index in [1.807, 2.05) is 6.92 Å². The Kier molecular flexibility index (Phi) is 4.57. The molecule has 17 heavy (non-hydrogen) atoms. The third-order valence-electron chi connectivity index (χ3n) is 3.63. The second-order valence-corrected chi connectivity index (χ2v) is 5.29. The maximum absolute atomic E-state index is 9.39. The van der Waals surface area contributed by atoms with Gasteiger partial charge in [0.25, 0.3) is 0 Å². The fourth-order valence-electron chi connectivity index (χ4n) is 2.70. The number of likely N-dealkylation sites (tertiary alicyclic amines) is 1. The molecule has 1 saturated heterocycles. The molecule has 0 aromatic heterocycles. The van der Waals surface area contributed by atoms with E-state index >= 15 is 0 Å². The van der Waals surface area contributed by atoms with Crippen molar-refractivity contribution in [3.05, 3.63) is 35.9 Å². The van der Waals surface area contributed by atoms with Crippen LogP contribution < -0.4 is 0 Å². The summed E-state index contributed by atoms with van der Waals surface area (Å²) in [7, 11) is 0. The third kappa shape index (κ3) is 4.14. The van der Waals surface area contributed by atoms with Crippen molar-refractivity contribution in [3.63, 3.8) is 0 Å². The first kappa shape index (κ1) is 12.6. The number of aliphatic hydroxyl groups is 1. The van der Waals surface area contributed by atoms with Crippen molar-refractivity contribution in [2.24, 2.45) is 5.92 Å². The second kappa shape index (κ2) is 6.18. The highest BCUT2D eigenvalue weighted by molar-refractivity contribution is 5.14. The SMILES string of the molecule is CC(O)CC1CCN(Cc2ccccc2)CC1. The van der Waals surface area contributed by atoms with Gasteiger partial charge >= 0.3 is 0 Å². The van der Waals surface area contributed by atoms with E-state index < -0.39 is 0 Å².